The zero-order chi connectivity index (χ0) is 19.1. The van der Waals surface area contributed by atoms with Crippen molar-refractivity contribution < 1.29 is 14.3 Å². The van der Waals surface area contributed by atoms with E-state index < -0.39 is 0 Å². The summed E-state index contributed by atoms with van der Waals surface area (Å²) >= 11 is 0. The van der Waals surface area contributed by atoms with Crippen molar-refractivity contribution in [3.05, 3.63) is 59.7 Å². The molecule has 6 heteroatoms. The van der Waals surface area contributed by atoms with Gasteiger partial charge in [-0.3, -0.25) is 10.1 Å². The van der Waals surface area contributed by atoms with E-state index in [9.17, 15) is 4.79 Å². The fraction of sp³-hybridized carbons (Fsp3) is 0.333. The van der Waals surface area contributed by atoms with Gasteiger partial charge < -0.3 is 14.8 Å². The van der Waals surface area contributed by atoms with Gasteiger partial charge in [-0.05, 0) is 44.0 Å². The first kappa shape index (κ1) is 18.9. The lowest BCUT2D eigenvalue weighted by molar-refractivity contribution is 0.0975. The molecule has 1 fully saturated rings. The number of amides is 1. The average molecular weight is 367 g/mol. The van der Waals surface area contributed by atoms with Crippen molar-refractivity contribution in [1.82, 2.24) is 5.32 Å². The lowest BCUT2D eigenvalue weighted by atomic mass is 10.1. The van der Waals surface area contributed by atoms with E-state index in [0.29, 0.717) is 18.1 Å². The van der Waals surface area contributed by atoms with E-state index in [4.69, 9.17) is 9.47 Å². The molecule has 1 atom stereocenters. The van der Waals surface area contributed by atoms with Crippen LogP contribution in [0, 0.1) is 6.92 Å². The van der Waals surface area contributed by atoms with Crippen molar-refractivity contribution in [3.8, 4) is 5.75 Å². The summed E-state index contributed by atoms with van der Waals surface area (Å²) in [6, 6.07) is 14.9. The number of benzene rings is 2. The highest BCUT2D eigenvalue weighted by Crippen LogP contribution is 2.17. The van der Waals surface area contributed by atoms with Gasteiger partial charge in [0.2, 0.25) is 5.96 Å². The van der Waals surface area contributed by atoms with Crippen molar-refractivity contribution >= 4 is 17.6 Å². The first-order valence-corrected chi connectivity index (χ1v) is 9.09. The lowest BCUT2D eigenvalue weighted by Crippen LogP contribution is -2.36. The first-order valence-electron chi connectivity index (χ1n) is 9.09. The normalized spacial score (nSPS) is 16.8. The van der Waals surface area contributed by atoms with Crippen molar-refractivity contribution in [2.75, 3.05) is 25.6 Å². The minimum absolute atomic E-state index is 0.1000. The number of hydrogen-bond acceptors (Lipinski definition) is 4. The predicted molar refractivity (Wildman–Crippen MR) is 107 cm³/mol. The Bertz CT molecular complexity index is 814. The molecule has 0 aliphatic carbocycles. The molecule has 6 nitrogen and oxygen atoms in total. The number of nitrogens with one attached hydrogen (secondary N) is 2. The zero-order valence-corrected chi connectivity index (χ0v) is 15.7. The number of ether oxygens (including phenoxy) is 2. The second kappa shape index (κ2) is 9.19. The van der Waals surface area contributed by atoms with Crippen LogP contribution in [-0.2, 0) is 4.74 Å². The van der Waals surface area contributed by atoms with Gasteiger partial charge in [-0.1, -0.05) is 23.8 Å². The molecule has 2 aromatic carbocycles. The quantitative estimate of drug-likeness (QED) is 0.628. The Morgan fingerprint density at radius 3 is 2.85 bits per heavy atom. The van der Waals surface area contributed by atoms with E-state index in [2.05, 4.69) is 15.6 Å². The molecule has 1 aliphatic heterocycles. The van der Waals surface area contributed by atoms with Crippen LogP contribution in [-0.4, -0.2) is 38.2 Å². The van der Waals surface area contributed by atoms with Gasteiger partial charge >= 0.3 is 0 Å². The molecule has 1 amide bonds. The van der Waals surface area contributed by atoms with Gasteiger partial charge in [-0.15, -0.1) is 0 Å². The van der Waals surface area contributed by atoms with Gasteiger partial charge in [0.25, 0.3) is 5.91 Å². The Hall–Kier alpha value is -2.86. The molecule has 0 unspecified atom stereocenters. The molecule has 0 saturated carbocycles. The van der Waals surface area contributed by atoms with Crippen LogP contribution in [0.5, 0.6) is 5.75 Å². The molecule has 3 rings (SSSR count). The highest BCUT2D eigenvalue weighted by Gasteiger charge is 2.16. The summed E-state index contributed by atoms with van der Waals surface area (Å²) in [7, 11) is 1.62. The van der Waals surface area contributed by atoms with E-state index in [0.717, 1.165) is 36.4 Å². The minimum Gasteiger partial charge on any atom is -0.497 e. The maximum atomic E-state index is 12.6. The topological polar surface area (TPSA) is 71.9 Å². The summed E-state index contributed by atoms with van der Waals surface area (Å²) in [4.78, 5) is 17.2. The largest absolute Gasteiger partial charge is 0.497 e. The third-order valence-electron chi connectivity index (χ3n) is 4.32. The Balaban J connectivity index is 1.75. The molecule has 1 saturated heterocycles. The molecule has 1 heterocycles. The van der Waals surface area contributed by atoms with E-state index in [1.807, 2.05) is 49.4 Å². The SMILES string of the molecule is COc1cccc(NC(=NC[C@H]2CCCO2)NC(=O)c2cccc(C)c2)c1. The van der Waals surface area contributed by atoms with Crippen molar-refractivity contribution in [2.45, 2.75) is 25.9 Å². The monoisotopic (exact) mass is 367 g/mol. The number of carbonyl (C=O) groups excluding carboxylic acids is 1. The molecular weight excluding hydrogens is 342 g/mol. The smallest absolute Gasteiger partial charge is 0.257 e. The highest BCUT2D eigenvalue weighted by atomic mass is 16.5. The van der Waals surface area contributed by atoms with Crippen LogP contribution in [0.2, 0.25) is 0 Å². The molecule has 0 spiro atoms. The predicted octanol–water partition coefficient (Wildman–Crippen LogP) is 3.38. The lowest BCUT2D eigenvalue weighted by Gasteiger charge is -2.14. The number of hydrogen-bond donors (Lipinski definition) is 2. The van der Waals surface area contributed by atoms with Crippen LogP contribution in [0.1, 0.15) is 28.8 Å². The summed E-state index contributed by atoms with van der Waals surface area (Å²) in [5.74, 6) is 0.911. The van der Waals surface area contributed by atoms with Gasteiger partial charge in [-0.25, -0.2) is 4.99 Å². The number of rotatable bonds is 5. The first-order chi connectivity index (χ1) is 13.1. The summed E-state index contributed by atoms with van der Waals surface area (Å²) < 4.78 is 10.9. The summed E-state index contributed by atoms with van der Waals surface area (Å²) in [5, 5.41) is 6.05. The van der Waals surface area contributed by atoms with Crippen LogP contribution < -0.4 is 15.4 Å². The standard InChI is InChI=1S/C21H25N3O3/c1-15-6-3-7-16(12-15)20(25)24-21(22-14-19-10-5-11-27-19)23-17-8-4-9-18(13-17)26-2/h3-4,6-9,12-13,19H,5,10-11,14H2,1-2H3,(H2,22,23,24,25)/t19-/m1/s1. The molecule has 2 aromatic rings. The number of aliphatic imine (C=N–C) groups is 1. The fourth-order valence-electron chi connectivity index (χ4n) is 2.90. The third-order valence-corrected chi connectivity index (χ3v) is 4.32. The van der Waals surface area contributed by atoms with Gasteiger partial charge in [0, 0.05) is 23.9 Å². The fourth-order valence-corrected chi connectivity index (χ4v) is 2.90. The molecular formula is C21H25N3O3. The van der Waals surface area contributed by atoms with Crippen molar-refractivity contribution in [2.24, 2.45) is 4.99 Å². The number of nitrogens with zero attached hydrogens (tertiary/aromatic N) is 1. The Labute approximate surface area is 159 Å². The second-order valence-electron chi connectivity index (χ2n) is 6.50. The van der Waals surface area contributed by atoms with Crippen molar-refractivity contribution in [3.63, 3.8) is 0 Å². The summed E-state index contributed by atoms with van der Waals surface area (Å²) in [6.45, 7) is 3.23. The molecule has 0 bridgehead atoms. The number of anilines is 1. The molecule has 2 N–H and O–H groups in total. The van der Waals surface area contributed by atoms with Crippen LogP contribution >= 0.6 is 0 Å². The van der Waals surface area contributed by atoms with Gasteiger partial charge in [0.05, 0.1) is 19.8 Å². The Morgan fingerprint density at radius 1 is 1.26 bits per heavy atom. The van der Waals surface area contributed by atoms with Crippen molar-refractivity contribution in [1.29, 1.82) is 0 Å². The minimum atomic E-state index is -0.208. The van der Waals surface area contributed by atoms with Gasteiger partial charge in [0.15, 0.2) is 0 Å². The van der Waals surface area contributed by atoms with Crippen LogP contribution in [0.4, 0.5) is 5.69 Å². The molecule has 142 valence electrons. The van der Waals surface area contributed by atoms with Crippen LogP contribution in [0.15, 0.2) is 53.5 Å². The maximum Gasteiger partial charge on any atom is 0.257 e. The Kier molecular flexibility index (Phi) is 6.44. The molecule has 0 radical (unpaired) electrons. The maximum absolute atomic E-state index is 12.6. The van der Waals surface area contributed by atoms with Crippen LogP contribution in [0.25, 0.3) is 0 Å². The summed E-state index contributed by atoms with van der Waals surface area (Å²) in [6.07, 6.45) is 2.14. The van der Waals surface area contributed by atoms with E-state index in [-0.39, 0.29) is 12.0 Å². The van der Waals surface area contributed by atoms with Crippen LogP contribution in [0.3, 0.4) is 0 Å². The number of guanidine groups is 1. The third kappa shape index (κ3) is 5.56. The van der Waals surface area contributed by atoms with E-state index >= 15 is 0 Å². The average Bonchev–Trinajstić information content (AvgIpc) is 3.20. The highest BCUT2D eigenvalue weighted by molar-refractivity contribution is 6.10. The number of methoxy groups -OCH3 is 1. The van der Waals surface area contributed by atoms with E-state index in [1.54, 1.807) is 13.2 Å². The number of aryl methyl sites for hydroxylation is 1. The van der Waals surface area contributed by atoms with Gasteiger partial charge in [-0.2, -0.15) is 0 Å². The molecule has 0 aromatic heterocycles. The second-order valence-corrected chi connectivity index (χ2v) is 6.50. The Morgan fingerprint density at radius 2 is 2.11 bits per heavy atom. The number of carbonyl (C=O) groups is 1. The molecule has 1 aliphatic rings. The van der Waals surface area contributed by atoms with Gasteiger partial charge in [0.1, 0.15) is 5.75 Å². The molecule has 27 heavy (non-hydrogen) atoms. The zero-order valence-electron chi connectivity index (χ0n) is 15.7. The van der Waals surface area contributed by atoms with E-state index in [1.165, 1.54) is 0 Å². The summed E-state index contributed by atoms with van der Waals surface area (Å²) in [5.41, 5.74) is 2.40.